The molecule has 3 heterocycles. The van der Waals surface area contributed by atoms with Gasteiger partial charge >= 0.3 is 0 Å². The number of H-pyrrole nitrogens is 1. The molecule has 6 rings (SSSR count). The maximum atomic E-state index is 13.7. The minimum absolute atomic E-state index is 0.0839. The van der Waals surface area contributed by atoms with Crippen molar-refractivity contribution < 1.29 is 33.8 Å². The summed E-state index contributed by atoms with van der Waals surface area (Å²) in [7, 11) is 0. The number of benzene rings is 3. The Hall–Kier alpha value is -5.69. The topological polar surface area (TPSA) is 191 Å². The molecule has 4 aromatic rings. The number of rotatable bonds is 6. The van der Waals surface area contributed by atoms with Crippen LogP contribution in [0.25, 0.3) is 10.9 Å². The van der Waals surface area contributed by atoms with Crippen LogP contribution in [0, 0.1) is 5.92 Å². The summed E-state index contributed by atoms with van der Waals surface area (Å²) < 4.78 is 6.13. The van der Waals surface area contributed by atoms with Crippen molar-refractivity contribution in [2.45, 2.75) is 76.8 Å². The Balaban J connectivity index is 1.44. The van der Waals surface area contributed by atoms with Crippen LogP contribution in [0.2, 0.25) is 0 Å². The third-order valence-corrected chi connectivity index (χ3v) is 8.98. The molecule has 5 amide bonds. The van der Waals surface area contributed by atoms with E-state index in [9.17, 15) is 29.1 Å². The number of fused-ring (bicyclic) bond motifs is 18. The van der Waals surface area contributed by atoms with E-state index in [0.717, 1.165) is 16.5 Å². The van der Waals surface area contributed by atoms with Crippen LogP contribution in [0.5, 0.6) is 5.75 Å². The van der Waals surface area contributed by atoms with E-state index in [4.69, 9.17) is 4.74 Å². The normalized spacial score (nSPS) is 22.8. The van der Waals surface area contributed by atoms with Gasteiger partial charge in [-0.3, -0.25) is 24.0 Å². The molecule has 13 heteroatoms. The van der Waals surface area contributed by atoms with Crippen LogP contribution in [-0.2, 0) is 32.0 Å². The molecule has 0 radical (unpaired) electrons. The summed E-state index contributed by atoms with van der Waals surface area (Å²) in [5.74, 6) is -2.91. The zero-order valence-corrected chi connectivity index (χ0v) is 29.6. The Morgan fingerprint density at radius 1 is 0.827 bits per heavy atom. The van der Waals surface area contributed by atoms with Crippen LogP contribution in [0.15, 0.2) is 85.1 Å². The average Bonchev–Trinajstić information content (AvgIpc) is 3.60. The maximum Gasteiger partial charge on any atom is 0.251 e. The second-order valence-electron chi connectivity index (χ2n) is 13.5. The molecule has 0 fully saturated rings. The summed E-state index contributed by atoms with van der Waals surface area (Å²) in [6.45, 7) is 6.42. The molecule has 2 aliphatic heterocycles. The van der Waals surface area contributed by atoms with Gasteiger partial charge in [-0.1, -0.05) is 56.3 Å². The van der Waals surface area contributed by atoms with Gasteiger partial charge in [0.25, 0.3) is 5.91 Å². The zero-order chi connectivity index (χ0) is 37.4. The van der Waals surface area contributed by atoms with Gasteiger partial charge in [-0.2, -0.15) is 0 Å². The Bertz CT molecular complexity index is 1870. The molecule has 0 unspecified atom stereocenters. The molecule has 52 heavy (non-hydrogen) atoms. The highest BCUT2D eigenvalue weighted by molar-refractivity contribution is 6.01. The molecule has 274 valence electrons. The van der Waals surface area contributed by atoms with Crippen molar-refractivity contribution in [2.24, 2.45) is 5.92 Å². The number of amides is 5. The first-order valence-electron chi connectivity index (χ1n) is 17.4. The number of aromatic amines is 1. The van der Waals surface area contributed by atoms with Crippen LogP contribution in [0.3, 0.4) is 0 Å². The fourth-order valence-electron chi connectivity index (χ4n) is 5.98. The Morgan fingerprint density at radius 3 is 2.21 bits per heavy atom. The SMILES string of the molecule is CC(C)[C@H]1NC(=O)[C@H]([C@@H](C)O)NC(=O)[C@@H](C)NC(=O)[C@@H](NC(=O)c2ccc3[nH]ccc3c2)Cc2ccc(cc2)OC[C@H](Cc2ccccc2)NC1=O. The van der Waals surface area contributed by atoms with Gasteiger partial charge in [-0.05, 0) is 73.7 Å². The number of hydrogen-bond acceptors (Lipinski definition) is 7. The number of carbonyl (C=O) groups is 5. The van der Waals surface area contributed by atoms with E-state index in [1.54, 1.807) is 62.5 Å². The minimum atomic E-state index is -1.44. The first-order chi connectivity index (χ1) is 24.9. The van der Waals surface area contributed by atoms with Crippen LogP contribution in [-0.4, -0.2) is 82.5 Å². The number of aromatic nitrogens is 1. The third kappa shape index (κ3) is 9.75. The van der Waals surface area contributed by atoms with E-state index in [-0.39, 0.29) is 18.9 Å². The maximum absolute atomic E-state index is 13.7. The molecule has 0 saturated heterocycles. The van der Waals surface area contributed by atoms with Crippen LogP contribution >= 0.6 is 0 Å². The quantitative estimate of drug-likeness (QED) is 0.149. The number of aliphatic hydroxyl groups is 1. The fraction of sp³-hybridized carbons (Fsp3) is 0.359. The summed E-state index contributed by atoms with van der Waals surface area (Å²) in [6.07, 6.45) is 0.955. The van der Waals surface area contributed by atoms with Crippen LogP contribution in [0.4, 0.5) is 0 Å². The van der Waals surface area contributed by atoms with Gasteiger partial charge in [0.15, 0.2) is 0 Å². The third-order valence-electron chi connectivity index (χ3n) is 8.98. The second-order valence-corrected chi connectivity index (χ2v) is 13.5. The van der Waals surface area contributed by atoms with E-state index in [2.05, 4.69) is 31.6 Å². The zero-order valence-electron chi connectivity index (χ0n) is 29.6. The van der Waals surface area contributed by atoms with Crippen molar-refractivity contribution in [3.05, 3.63) is 102 Å². The van der Waals surface area contributed by atoms with Gasteiger partial charge in [0.05, 0.1) is 12.1 Å². The highest BCUT2D eigenvalue weighted by Gasteiger charge is 2.34. The lowest BCUT2D eigenvalue weighted by Crippen LogP contribution is -2.61. The van der Waals surface area contributed by atoms with E-state index in [1.165, 1.54) is 13.8 Å². The molecule has 2 aliphatic rings. The molecule has 0 aliphatic carbocycles. The fourth-order valence-corrected chi connectivity index (χ4v) is 5.98. The average molecular weight is 711 g/mol. The van der Waals surface area contributed by atoms with Crippen molar-refractivity contribution in [2.75, 3.05) is 6.61 Å². The number of carbonyl (C=O) groups excluding carboxylic acids is 5. The Labute approximate surface area is 302 Å². The molecule has 7 N–H and O–H groups in total. The molecular weight excluding hydrogens is 664 g/mol. The summed E-state index contributed by atoms with van der Waals surface area (Å²) in [6, 6.07) is 18.4. The molecule has 1 aromatic heterocycles. The van der Waals surface area contributed by atoms with E-state index in [1.807, 2.05) is 36.4 Å². The molecule has 2 bridgehead atoms. The summed E-state index contributed by atoms with van der Waals surface area (Å²) in [5, 5.41) is 25.0. The molecule has 13 nitrogen and oxygen atoms in total. The van der Waals surface area contributed by atoms with Gasteiger partial charge in [-0.15, -0.1) is 0 Å². The van der Waals surface area contributed by atoms with Crippen molar-refractivity contribution in [3.8, 4) is 5.75 Å². The van der Waals surface area contributed by atoms with Gasteiger partial charge in [-0.25, -0.2) is 0 Å². The highest BCUT2D eigenvalue weighted by Crippen LogP contribution is 2.18. The monoisotopic (exact) mass is 710 g/mol. The summed E-state index contributed by atoms with van der Waals surface area (Å²) in [4.78, 5) is 70.7. The molecule has 6 atom stereocenters. The molecule has 0 spiro atoms. The lowest BCUT2D eigenvalue weighted by atomic mass is 10.0. The Kier molecular flexibility index (Phi) is 12.3. The smallest absolute Gasteiger partial charge is 0.251 e. The van der Waals surface area contributed by atoms with Crippen LogP contribution in [0.1, 0.15) is 49.2 Å². The predicted octanol–water partition coefficient (Wildman–Crippen LogP) is 2.14. The lowest BCUT2D eigenvalue weighted by molar-refractivity contribution is -0.136. The number of aliphatic hydroxyl groups excluding tert-OH is 1. The van der Waals surface area contributed by atoms with Crippen molar-refractivity contribution in [1.29, 1.82) is 0 Å². The Morgan fingerprint density at radius 2 is 1.52 bits per heavy atom. The molecule has 0 saturated carbocycles. The van der Waals surface area contributed by atoms with Gasteiger partial charge in [0.2, 0.25) is 23.6 Å². The highest BCUT2D eigenvalue weighted by atomic mass is 16.5. The van der Waals surface area contributed by atoms with Gasteiger partial charge < -0.3 is 41.4 Å². The van der Waals surface area contributed by atoms with Crippen LogP contribution < -0.4 is 31.3 Å². The van der Waals surface area contributed by atoms with Crippen molar-refractivity contribution in [1.82, 2.24) is 31.6 Å². The van der Waals surface area contributed by atoms with Crippen molar-refractivity contribution >= 4 is 40.4 Å². The number of ether oxygens (including phenoxy) is 1. The largest absolute Gasteiger partial charge is 0.491 e. The summed E-state index contributed by atoms with van der Waals surface area (Å²) >= 11 is 0. The molecular formula is C39H46N6O7. The second kappa shape index (κ2) is 17.0. The van der Waals surface area contributed by atoms with E-state index < -0.39 is 65.8 Å². The van der Waals surface area contributed by atoms with Gasteiger partial charge in [0, 0.05) is 29.1 Å². The first-order valence-corrected chi connectivity index (χ1v) is 17.4. The number of hydrogen-bond donors (Lipinski definition) is 7. The van der Waals surface area contributed by atoms with Gasteiger partial charge in [0.1, 0.15) is 36.5 Å². The van der Waals surface area contributed by atoms with E-state index >= 15 is 0 Å². The standard InChI is InChI=1S/C39H46N6O7/c1-22(2)33-38(50)42-29(18-25-8-6-5-7-9-25)21-52-30-13-10-26(11-14-30)19-32(43-36(48)28-12-15-31-27(20-28)16-17-40-31)37(49)41-23(3)35(47)45-34(24(4)46)39(51)44-33/h5-17,20,22-24,29,32-34,40,46H,18-19,21H2,1-4H3,(H,41,49)(H,42,50)(H,43,48)(H,44,51)(H,45,47)/t23-,24-,29+,32+,33-,34+/m1/s1. The lowest BCUT2D eigenvalue weighted by Gasteiger charge is -2.29. The number of nitrogens with one attached hydrogen (secondary N) is 6. The first kappa shape index (κ1) is 37.6. The summed E-state index contributed by atoms with van der Waals surface area (Å²) in [5.41, 5.74) is 2.89. The van der Waals surface area contributed by atoms with Crippen molar-refractivity contribution in [3.63, 3.8) is 0 Å². The molecule has 3 aromatic carbocycles. The van der Waals surface area contributed by atoms with E-state index in [0.29, 0.717) is 23.3 Å². The minimum Gasteiger partial charge on any atom is -0.491 e. The predicted molar refractivity (Wildman–Crippen MR) is 195 cm³/mol.